The minimum absolute atomic E-state index is 0.0508. The molecule has 0 spiro atoms. The van der Waals surface area contributed by atoms with Crippen LogP contribution in [0, 0.1) is 20.8 Å². The van der Waals surface area contributed by atoms with E-state index >= 15 is 0 Å². The van der Waals surface area contributed by atoms with Gasteiger partial charge in [-0.1, -0.05) is 35.1 Å². The predicted octanol–water partition coefficient (Wildman–Crippen LogP) is 3.14. The molecule has 0 aliphatic rings. The normalized spacial score (nSPS) is 12.2. The van der Waals surface area contributed by atoms with Crippen LogP contribution in [0.2, 0.25) is 0 Å². The van der Waals surface area contributed by atoms with E-state index in [2.05, 4.69) is 28.5 Å². The summed E-state index contributed by atoms with van der Waals surface area (Å²) in [4.78, 5) is 16.9. The van der Waals surface area contributed by atoms with Crippen LogP contribution in [0.3, 0.4) is 0 Å². The molecule has 0 saturated carbocycles. The Kier molecular flexibility index (Phi) is 4.09. The van der Waals surface area contributed by atoms with E-state index in [0.717, 1.165) is 5.56 Å². The van der Waals surface area contributed by atoms with Crippen molar-refractivity contribution in [3.63, 3.8) is 0 Å². The van der Waals surface area contributed by atoms with Gasteiger partial charge >= 0.3 is 0 Å². The molecule has 2 aromatic rings. The number of nitrogens with zero attached hydrogens (tertiary/aromatic N) is 1. The van der Waals surface area contributed by atoms with Crippen molar-refractivity contribution in [2.75, 3.05) is 5.73 Å². The summed E-state index contributed by atoms with van der Waals surface area (Å²) in [5.41, 5.74) is 9.80. The zero-order valence-electron chi connectivity index (χ0n) is 12.2. The second-order valence-corrected chi connectivity index (χ2v) is 6.05. The molecule has 0 aliphatic carbocycles. The molecule has 0 fully saturated rings. The van der Waals surface area contributed by atoms with Crippen molar-refractivity contribution in [1.82, 2.24) is 10.3 Å². The van der Waals surface area contributed by atoms with Gasteiger partial charge in [-0.2, -0.15) is 0 Å². The molecule has 1 amide bonds. The van der Waals surface area contributed by atoms with Crippen LogP contribution in [0.15, 0.2) is 18.2 Å². The lowest BCUT2D eigenvalue weighted by Crippen LogP contribution is -2.27. The number of carbonyl (C=O) groups excluding carboxylic acids is 1. The first-order chi connectivity index (χ1) is 9.38. The zero-order chi connectivity index (χ0) is 14.9. The number of hydrogen-bond acceptors (Lipinski definition) is 4. The van der Waals surface area contributed by atoms with Crippen molar-refractivity contribution in [3.8, 4) is 0 Å². The number of nitrogen functional groups attached to an aromatic ring is 1. The van der Waals surface area contributed by atoms with E-state index in [-0.39, 0.29) is 11.9 Å². The van der Waals surface area contributed by atoms with Gasteiger partial charge in [0.25, 0.3) is 5.91 Å². The highest BCUT2D eigenvalue weighted by Gasteiger charge is 2.17. The number of anilines is 1. The number of benzene rings is 1. The molecule has 106 valence electrons. The summed E-state index contributed by atoms with van der Waals surface area (Å²) in [6.45, 7) is 7.88. The Balaban J connectivity index is 2.19. The Morgan fingerprint density at radius 3 is 2.65 bits per heavy atom. The maximum absolute atomic E-state index is 12.3. The third-order valence-electron chi connectivity index (χ3n) is 3.27. The van der Waals surface area contributed by atoms with Crippen LogP contribution in [0.5, 0.6) is 0 Å². The van der Waals surface area contributed by atoms with E-state index in [9.17, 15) is 4.79 Å². The van der Waals surface area contributed by atoms with E-state index in [0.29, 0.717) is 15.7 Å². The molecule has 1 aromatic carbocycles. The van der Waals surface area contributed by atoms with Crippen molar-refractivity contribution in [2.45, 2.75) is 33.7 Å². The molecule has 0 saturated heterocycles. The highest BCUT2D eigenvalue weighted by molar-refractivity contribution is 7.17. The Bertz CT molecular complexity index is 649. The number of rotatable bonds is 3. The van der Waals surface area contributed by atoms with Gasteiger partial charge in [-0.25, -0.2) is 4.98 Å². The third-order valence-corrected chi connectivity index (χ3v) is 4.25. The molecule has 5 heteroatoms. The van der Waals surface area contributed by atoms with Crippen molar-refractivity contribution in [2.24, 2.45) is 0 Å². The lowest BCUT2D eigenvalue weighted by Gasteiger charge is -2.17. The average Bonchev–Trinajstić information content (AvgIpc) is 2.71. The zero-order valence-corrected chi connectivity index (χ0v) is 13.0. The van der Waals surface area contributed by atoms with Gasteiger partial charge < -0.3 is 11.1 Å². The summed E-state index contributed by atoms with van der Waals surface area (Å²) in [5, 5.41) is 3.43. The van der Waals surface area contributed by atoms with Crippen LogP contribution < -0.4 is 11.1 Å². The number of thiazole rings is 1. The third kappa shape index (κ3) is 2.99. The van der Waals surface area contributed by atoms with Gasteiger partial charge in [0.05, 0.1) is 11.7 Å². The van der Waals surface area contributed by atoms with Crippen molar-refractivity contribution in [3.05, 3.63) is 45.5 Å². The van der Waals surface area contributed by atoms with Crippen molar-refractivity contribution in [1.29, 1.82) is 0 Å². The topological polar surface area (TPSA) is 68.0 Å². The number of aryl methyl sites for hydroxylation is 3. The largest absolute Gasteiger partial charge is 0.375 e. The molecule has 0 radical (unpaired) electrons. The summed E-state index contributed by atoms with van der Waals surface area (Å²) in [7, 11) is 0. The van der Waals surface area contributed by atoms with Gasteiger partial charge in [0.15, 0.2) is 5.13 Å². The molecule has 1 aromatic heterocycles. The first-order valence-corrected chi connectivity index (χ1v) is 7.31. The Morgan fingerprint density at radius 1 is 1.35 bits per heavy atom. The lowest BCUT2D eigenvalue weighted by atomic mass is 10.00. The van der Waals surface area contributed by atoms with E-state index in [1.807, 2.05) is 20.8 Å². The molecular formula is C15H19N3OS. The van der Waals surface area contributed by atoms with E-state index in [1.54, 1.807) is 6.92 Å². The smallest absolute Gasteiger partial charge is 0.263 e. The minimum Gasteiger partial charge on any atom is -0.375 e. The van der Waals surface area contributed by atoms with Gasteiger partial charge in [0.1, 0.15) is 4.88 Å². The number of amides is 1. The monoisotopic (exact) mass is 289 g/mol. The molecule has 1 unspecified atom stereocenters. The summed E-state index contributed by atoms with van der Waals surface area (Å²) < 4.78 is 0. The highest BCUT2D eigenvalue weighted by Crippen LogP contribution is 2.23. The number of aromatic nitrogens is 1. The summed E-state index contributed by atoms with van der Waals surface area (Å²) in [6, 6.07) is 6.20. The molecule has 2 rings (SSSR count). The van der Waals surface area contributed by atoms with E-state index in [4.69, 9.17) is 5.73 Å². The fourth-order valence-electron chi connectivity index (χ4n) is 2.19. The van der Waals surface area contributed by atoms with Gasteiger partial charge in [0, 0.05) is 0 Å². The second kappa shape index (κ2) is 5.63. The number of nitrogens with two attached hydrogens (primary N) is 1. The molecule has 1 heterocycles. The molecule has 3 N–H and O–H groups in total. The average molecular weight is 289 g/mol. The molecule has 0 aliphatic heterocycles. The molecule has 0 bridgehead atoms. The van der Waals surface area contributed by atoms with Crippen molar-refractivity contribution < 1.29 is 4.79 Å². The van der Waals surface area contributed by atoms with Crippen LogP contribution in [0.25, 0.3) is 0 Å². The molecule has 20 heavy (non-hydrogen) atoms. The molecule has 1 atom stereocenters. The first-order valence-electron chi connectivity index (χ1n) is 6.49. The van der Waals surface area contributed by atoms with Crippen LogP contribution in [0.1, 0.15) is 45.0 Å². The Labute approximate surface area is 123 Å². The summed E-state index contributed by atoms with van der Waals surface area (Å²) in [6.07, 6.45) is 0. The standard InChI is InChI=1S/C15H19N3OS/c1-8-5-6-9(2)12(7-8)10(3)17-14(19)13-11(4)18-15(16)20-13/h5-7,10H,1-4H3,(H2,16,18)(H,17,19). The Morgan fingerprint density at radius 2 is 2.05 bits per heavy atom. The van der Waals surface area contributed by atoms with Crippen LogP contribution in [-0.2, 0) is 0 Å². The number of hydrogen-bond donors (Lipinski definition) is 2. The summed E-state index contributed by atoms with van der Waals surface area (Å²) >= 11 is 1.22. The molecule has 4 nitrogen and oxygen atoms in total. The van der Waals surface area contributed by atoms with Gasteiger partial charge in [-0.3, -0.25) is 4.79 Å². The lowest BCUT2D eigenvalue weighted by molar-refractivity contribution is 0.0943. The maximum Gasteiger partial charge on any atom is 0.263 e. The minimum atomic E-state index is -0.120. The van der Waals surface area contributed by atoms with Crippen LogP contribution in [0.4, 0.5) is 5.13 Å². The fraction of sp³-hybridized carbons (Fsp3) is 0.333. The number of nitrogens with one attached hydrogen (secondary N) is 1. The van der Waals surface area contributed by atoms with Crippen molar-refractivity contribution >= 4 is 22.4 Å². The quantitative estimate of drug-likeness (QED) is 0.912. The maximum atomic E-state index is 12.3. The van der Waals surface area contributed by atoms with Gasteiger partial charge in [-0.15, -0.1) is 0 Å². The van der Waals surface area contributed by atoms with Crippen LogP contribution in [-0.4, -0.2) is 10.9 Å². The fourth-order valence-corrected chi connectivity index (χ4v) is 2.93. The first kappa shape index (κ1) is 14.5. The van der Waals surface area contributed by atoms with Gasteiger partial charge in [0.2, 0.25) is 0 Å². The highest BCUT2D eigenvalue weighted by atomic mass is 32.1. The predicted molar refractivity (Wildman–Crippen MR) is 83.1 cm³/mol. The Hall–Kier alpha value is -1.88. The second-order valence-electron chi connectivity index (χ2n) is 5.02. The summed E-state index contributed by atoms with van der Waals surface area (Å²) in [5.74, 6) is -0.120. The van der Waals surface area contributed by atoms with E-state index < -0.39 is 0 Å². The number of carbonyl (C=O) groups is 1. The molecular weight excluding hydrogens is 270 g/mol. The van der Waals surface area contributed by atoms with Gasteiger partial charge in [-0.05, 0) is 38.8 Å². The SMILES string of the molecule is Cc1ccc(C)c(C(C)NC(=O)c2sc(N)nc2C)c1. The van der Waals surface area contributed by atoms with Crippen LogP contribution >= 0.6 is 11.3 Å². The van der Waals surface area contributed by atoms with E-state index in [1.165, 1.54) is 22.5 Å².